The average molecular weight is 408 g/mol. The van der Waals surface area contributed by atoms with Crippen molar-refractivity contribution in [3.8, 4) is 0 Å². The van der Waals surface area contributed by atoms with Crippen molar-refractivity contribution >= 4 is 11.8 Å². The molecule has 2 aliphatic rings. The number of pyridine rings is 1. The molecule has 0 radical (unpaired) electrons. The van der Waals surface area contributed by atoms with Crippen molar-refractivity contribution in [2.24, 2.45) is 11.8 Å². The van der Waals surface area contributed by atoms with E-state index in [9.17, 15) is 9.59 Å². The lowest BCUT2D eigenvalue weighted by Crippen LogP contribution is -2.51. The first-order valence-corrected chi connectivity index (χ1v) is 10.7. The number of benzene rings is 1. The highest BCUT2D eigenvalue weighted by Gasteiger charge is 2.36. The maximum atomic E-state index is 13.0. The minimum absolute atomic E-state index is 0.0286. The summed E-state index contributed by atoms with van der Waals surface area (Å²) in [6.07, 6.45) is 7.10. The number of amides is 2. The van der Waals surface area contributed by atoms with Crippen LogP contribution in [0, 0.1) is 11.8 Å². The van der Waals surface area contributed by atoms with E-state index >= 15 is 0 Å². The Balaban J connectivity index is 1.33. The molecule has 1 fully saturated rings. The van der Waals surface area contributed by atoms with Gasteiger partial charge in [0.1, 0.15) is 0 Å². The molecular formula is C24H29N3O3. The van der Waals surface area contributed by atoms with Gasteiger partial charge in [0.25, 0.3) is 0 Å². The summed E-state index contributed by atoms with van der Waals surface area (Å²) in [6, 6.07) is 11.9. The third kappa shape index (κ3) is 4.70. The van der Waals surface area contributed by atoms with Gasteiger partial charge in [-0.2, -0.15) is 0 Å². The number of hydrogen-bond acceptors (Lipinski definition) is 4. The van der Waals surface area contributed by atoms with Gasteiger partial charge in [-0.1, -0.05) is 30.3 Å². The zero-order chi connectivity index (χ0) is 20.9. The summed E-state index contributed by atoms with van der Waals surface area (Å²) < 4.78 is 5.63. The highest BCUT2D eigenvalue weighted by molar-refractivity contribution is 5.81. The topological polar surface area (TPSA) is 80.3 Å². The number of methoxy groups -OCH3 is 1. The second-order valence-electron chi connectivity index (χ2n) is 8.35. The normalized spacial score (nSPS) is 23.6. The van der Waals surface area contributed by atoms with Crippen molar-refractivity contribution in [3.05, 3.63) is 65.5 Å². The Bertz CT molecular complexity index is 861. The summed E-state index contributed by atoms with van der Waals surface area (Å²) >= 11 is 0. The first-order valence-electron chi connectivity index (χ1n) is 10.7. The first-order chi connectivity index (χ1) is 14.6. The lowest BCUT2D eigenvalue weighted by atomic mass is 9.82. The van der Waals surface area contributed by atoms with E-state index < -0.39 is 0 Å². The summed E-state index contributed by atoms with van der Waals surface area (Å²) in [5.74, 6) is -0.0746. The number of nitrogens with one attached hydrogen (secondary N) is 2. The zero-order valence-electron chi connectivity index (χ0n) is 17.3. The van der Waals surface area contributed by atoms with Gasteiger partial charge in [-0.15, -0.1) is 0 Å². The fourth-order valence-corrected chi connectivity index (χ4v) is 4.70. The number of nitrogens with zero attached hydrogens (tertiary/aromatic N) is 1. The van der Waals surface area contributed by atoms with E-state index in [2.05, 4.69) is 27.8 Å². The maximum absolute atomic E-state index is 13.0. The molecule has 158 valence electrons. The van der Waals surface area contributed by atoms with Crippen LogP contribution >= 0.6 is 0 Å². The number of carbonyl (C=O) groups excluding carboxylic acids is 2. The maximum Gasteiger partial charge on any atom is 0.224 e. The Labute approximate surface area is 177 Å². The summed E-state index contributed by atoms with van der Waals surface area (Å²) in [5.41, 5.74) is 3.50. The molecule has 6 nitrogen and oxygen atoms in total. The van der Waals surface area contributed by atoms with E-state index in [4.69, 9.17) is 4.74 Å². The monoisotopic (exact) mass is 407 g/mol. The second kappa shape index (κ2) is 9.39. The van der Waals surface area contributed by atoms with E-state index in [0.717, 1.165) is 31.2 Å². The van der Waals surface area contributed by atoms with Crippen LogP contribution in [0.15, 0.2) is 48.8 Å². The van der Waals surface area contributed by atoms with Crippen LogP contribution in [0.25, 0.3) is 0 Å². The largest absolute Gasteiger partial charge is 0.379 e. The van der Waals surface area contributed by atoms with Gasteiger partial charge >= 0.3 is 0 Å². The van der Waals surface area contributed by atoms with Crippen LogP contribution in [0.5, 0.6) is 0 Å². The van der Waals surface area contributed by atoms with Crippen LogP contribution in [0.4, 0.5) is 0 Å². The first kappa shape index (κ1) is 20.5. The molecule has 0 spiro atoms. The SMILES string of the molecule is CO[C@@H]1CC[C@H](C(=O)NCc2cccnc2)C[C@H]1NC(=O)C1Cc2ccccc2C1. The molecule has 0 saturated heterocycles. The lowest BCUT2D eigenvalue weighted by molar-refractivity contribution is -0.131. The Morgan fingerprint density at radius 3 is 2.47 bits per heavy atom. The lowest BCUT2D eigenvalue weighted by Gasteiger charge is -2.35. The molecule has 30 heavy (non-hydrogen) atoms. The van der Waals surface area contributed by atoms with Crippen LogP contribution in [0.2, 0.25) is 0 Å². The molecule has 0 bridgehead atoms. The van der Waals surface area contributed by atoms with E-state index in [1.54, 1.807) is 19.5 Å². The summed E-state index contributed by atoms with van der Waals surface area (Å²) in [5, 5.41) is 6.21. The fraction of sp³-hybridized carbons (Fsp3) is 0.458. The Hall–Kier alpha value is -2.73. The highest BCUT2D eigenvalue weighted by atomic mass is 16.5. The van der Waals surface area contributed by atoms with Gasteiger partial charge in [0.2, 0.25) is 11.8 Å². The molecule has 1 aromatic heterocycles. The molecule has 0 unspecified atom stereocenters. The van der Waals surface area contributed by atoms with Crippen molar-refractivity contribution in [2.45, 2.75) is 50.8 Å². The highest BCUT2D eigenvalue weighted by Crippen LogP contribution is 2.29. The van der Waals surface area contributed by atoms with Crippen molar-refractivity contribution in [3.63, 3.8) is 0 Å². The molecular weight excluding hydrogens is 378 g/mol. The van der Waals surface area contributed by atoms with Crippen LogP contribution in [-0.2, 0) is 33.7 Å². The molecule has 1 heterocycles. The minimum Gasteiger partial charge on any atom is -0.379 e. The number of aromatic nitrogens is 1. The molecule has 2 N–H and O–H groups in total. The van der Waals surface area contributed by atoms with Crippen LogP contribution in [-0.4, -0.2) is 36.1 Å². The van der Waals surface area contributed by atoms with Crippen molar-refractivity contribution in [2.75, 3.05) is 7.11 Å². The molecule has 1 aromatic carbocycles. The Morgan fingerprint density at radius 2 is 1.80 bits per heavy atom. The van der Waals surface area contributed by atoms with Crippen LogP contribution in [0.1, 0.15) is 36.0 Å². The predicted molar refractivity (Wildman–Crippen MR) is 113 cm³/mol. The van der Waals surface area contributed by atoms with E-state index in [0.29, 0.717) is 13.0 Å². The molecule has 2 aliphatic carbocycles. The summed E-state index contributed by atoms with van der Waals surface area (Å²) in [7, 11) is 1.68. The van der Waals surface area contributed by atoms with Crippen molar-refractivity contribution < 1.29 is 14.3 Å². The molecule has 2 aromatic rings. The number of carbonyl (C=O) groups is 2. The van der Waals surface area contributed by atoms with Crippen LogP contribution in [0.3, 0.4) is 0 Å². The Morgan fingerprint density at radius 1 is 1.03 bits per heavy atom. The van der Waals surface area contributed by atoms with Gasteiger partial charge < -0.3 is 15.4 Å². The van der Waals surface area contributed by atoms with E-state index in [-0.39, 0.29) is 35.8 Å². The third-order valence-corrected chi connectivity index (χ3v) is 6.40. The van der Waals surface area contributed by atoms with Gasteiger partial charge in [-0.25, -0.2) is 0 Å². The molecule has 4 rings (SSSR count). The Kier molecular flexibility index (Phi) is 6.43. The molecule has 1 saturated carbocycles. The quantitative estimate of drug-likeness (QED) is 0.771. The zero-order valence-corrected chi connectivity index (χ0v) is 17.3. The van der Waals surface area contributed by atoms with Crippen molar-refractivity contribution in [1.82, 2.24) is 15.6 Å². The van der Waals surface area contributed by atoms with Gasteiger partial charge in [-0.3, -0.25) is 14.6 Å². The summed E-state index contributed by atoms with van der Waals surface area (Å²) in [6.45, 7) is 0.467. The van der Waals surface area contributed by atoms with Crippen LogP contribution < -0.4 is 10.6 Å². The van der Waals surface area contributed by atoms with Crippen molar-refractivity contribution in [1.29, 1.82) is 0 Å². The number of ether oxygens (including phenoxy) is 1. The van der Waals surface area contributed by atoms with Gasteiger partial charge in [0, 0.05) is 37.9 Å². The molecule has 6 heteroatoms. The minimum atomic E-state index is -0.144. The number of hydrogen-bond donors (Lipinski definition) is 2. The third-order valence-electron chi connectivity index (χ3n) is 6.40. The molecule has 0 aliphatic heterocycles. The molecule has 3 atom stereocenters. The van der Waals surface area contributed by atoms with Gasteiger partial charge in [0.15, 0.2) is 0 Å². The second-order valence-corrected chi connectivity index (χ2v) is 8.35. The summed E-state index contributed by atoms with van der Waals surface area (Å²) in [4.78, 5) is 29.8. The van der Waals surface area contributed by atoms with E-state index in [1.165, 1.54) is 11.1 Å². The van der Waals surface area contributed by atoms with Gasteiger partial charge in [0.05, 0.1) is 12.1 Å². The smallest absolute Gasteiger partial charge is 0.224 e. The van der Waals surface area contributed by atoms with E-state index in [1.807, 2.05) is 24.3 Å². The molecule has 2 amide bonds. The number of fused-ring (bicyclic) bond motifs is 1. The fourth-order valence-electron chi connectivity index (χ4n) is 4.70. The van der Waals surface area contributed by atoms with Gasteiger partial charge in [-0.05, 0) is 54.9 Å². The number of rotatable bonds is 6. The standard InChI is InChI=1S/C24H29N3O3/c1-30-22-9-8-19(23(28)26-15-16-5-4-10-25-14-16)13-21(22)27-24(29)20-11-17-6-2-3-7-18(17)12-20/h2-7,10,14,19-22H,8-9,11-13,15H2,1H3,(H,26,28)(H,27,29)/t19-,21+,22+/m0/s1. The average Bonchev–Trinajstić information content (AvgIpc) is 3.23. The predicted octanol–water partition coefficient (Wildman–Crippen LogP) is 2.41.